The first-order valence-corrected chi connectivity index (χ1v) is 17.6. The first kappa shape index (κ1) is 33.6. The van der Waals surface area contributed by atoms with E-state index in [9.17, 15) is 19.2 Å². The highest BCUT2D eigenvalue weighted by Gasteiger charge is 2.42. The van der Waals surface area contributed by atoms with E-state index < -0.39 is 17.6 Å². The summed E-state index contributed by atoms with van der Waals surface area (Å²) in [4.78, 5) is 56.4. The van der Waals surface area contributed by atoms with Crippen LogP contribution in [-0.2, 0) is 19.2 Å². The van der Waals surface area contributed by atoms with Gasteiger partial charge in [0.15, 0.2) is 5.12 Å². The van der Waals surface area contributed by atoms with Crippen molar-refractivity contribution in [2.45, 2.75) is 102 Å². The molecule has 228 valence electrons. The van der Waals surface area contributed by atoms with Crippen LogP contribution in [0.1, 0.15) is 79.1 Å². The molecule has 4 N–H and O–H groups in total. The van der Waals surface area contributed by atoms with Gasteiger partial charge in [0, 0.05) is 24.5 Å². The summed E-state index contributed by atoms with van der Waals surface area (Å²) in [5.41, 5.74) is -0.122. The molecule has 0 aliphatic carbocycles. The van der Waals surface area contributed by atoms with E-state index in [1.165, 1.54) is 42.8 Å². The number of fused-ring (bicyclic) bond motifs is 4. The molecule has 4 bridgehead atoms. The number of unbranched alkanes of at least 4 members (excludes halogenated alkanes) is 4. The van der Waals surface area contributed by atoms with Gasteiger partial charge in [-0.2, -0.15) is 0 Å². The van der Waals surface area contributed by atoms with Gasteiger partial charge in [-0.1, -0.05) is 70.4 Å². The van der Waals surface area contributed by atoms with Gasteiger partial charge in [-0.3, -0.25) is 24.2 Å². The second-order valence-corrected chi connectivity index (χ2v) is 14.4. The van der Waals surface area contributed by atoms with Gasteiger partial charge in [-0.15, -0.1) is 23.5 Å². The molecule has 12 heteroatoms. The van der Waals surface area contributed by atoms with Crippen LogP contribution in [0.2, 0.25) is 0 Å². The molecule has 0 radical (unpaired) electrons. The van der Waals surface area contributed by atoms with E-state index >= 15 is 0 Å². The molecule has 0 saturated carbocycles. The van der Waals surface area contributed by atoms with Crippen molar-refractivity contribution in [2.75, 3.05) is 18.1 Å². The molecule has 0 spiro atoms. The number of hydrogen-bond donors (Lipinski definition) is 4. The normalized spacial score (nSPS) is 27.2. The van der Waals surface area contributed by atoms with Crippen LogP contribution >= 0.6 is 35.3 Å². The summed E-state index contributed by atoms with van der Waals surface area (Å²) in [5, 5.41) is 15.2. The van der Waals surface area contributed by atoms with Gasteiger partial charge in [0.05, 0.1) is 23.5 Å². The van der Waals surface area contributed by atoms with Gasteiger partial charge in [0.25, 0.3) is 0 Å². The Kier molecular flexibility index (Phi) is 13.6. The lowest BCUT2D eigenvalue weighted by Crippen LogP contribution is -2.56. The lowest BCUT2D eigenvalue weighted by atomic mass is 9.99. The van der Waals surface area contributed by atoms with Gasteiger partial charge in [0.1, 0.15) is 16.6 Å². The van der Waals surface area contributed by atoms with Crippen molar-refractivity contribution in [3.63, 3.8) is 0 Å². The molecule has 4 atom stereocenters. The first-order chi connectivity index (χ1) is 19.6. The summed E-state index contributed by atoms with van der Waals surface area (Å²) in [6, 6.07) is -1.32. The molecule has 1 unspecified atom stereocenters. The number of nitrogens with zero attached hydrogens (tertiary/aromatic N) is 1. The van der Waals surface area contributed by atoms with Gasteiger partial charge in [-0.05, 0) is 31.1 Å². The molecule has 0 aromatic carbocycles. The maximum atomic E-state index is 13.4. The Morgan fingerprint density at radius 3 is 2.71 bits per heavy atom. The summed E-state index contributed by atoms with van der Waals surface area (Å²) in [5.74, 6) is 0.158. The molecule has 41 heavy (non-hydrogen) atoms. The quantitative estimate of drug-likeness (QED) is 0.200. The molecule has 0 aromatic heterocycles. The average Bonchev–Trinajstić information content (AvgIpc) is 3.56. The highest BCUT2D eigenvalue weighted by molar-refractivity contribution is 8.15. The number of carbonyl (C=O) groups is 4. The lowest BCUT2D eigenvalue weighted by molar-refractivity contribution is -0.132. The molecule has 0 fully saturated rings. The van der Waals surface area contributed by atoms with Crippen LogP contribution in [0.3, 0.4) is 0 Å². The number of rotatable bonds is 11. The lowest BCUT2D eigenvalue weighted by Gasteiger charge is -2.28. The van der Waals surface area contributed by atoms with Crippen LogP contribution in [0.4, 0.5) is 0 Å². The second kappa shape index (κ2) is 16.6. The molecule has 0 aromatic rings. The maximum absolute atomic E-state index is 13.4. The fourth-order valence-corrected chi connectivity index (χ4v) is 7.40. The molecule has 3 rings (SSSR count). The zero-order valence-corrected chi connectivity index (χ0v) is 27.1. The summed E-state index contributed by atoms with van der Waals surface area (Å²) >= 11 is 4.42. The number of allylic oxidation sites excluding steroid dienone is 1. The highest BCUT2D eigenvalue weighted by atomic mass is 32.2. The van der Waals surface area contributed by atoms with E-state index in [1.807, 2.05) is 31.4 Å². The third kappa shape index (κ3) is 10.7. The third-order valence-electron chi connectivity index (χ3n) is 7.08. The van der Waals surface area contributed by atoms with Crippen molar-refractivity contribution in [1.29, 1.82) is 0 Å². The van der Waals surface area contributed by atoms with Crippen molar-refractivity contribution in [2.24, 2.45) is 10.9 Å². The number of hydrogen-bond acceptors (Lipinski definition) is 9. The second-order valence-electron chi connectivity index (χ2n) is 11.2. The predicted molar refractivity (Wildman–Crippen MR) is 172 cm³/mol. The Balaban J connectivity index is 1.63. The minimum atomic E-state index is -0.978. The van der Waals surface area contributed by atoms with Crippen molar-refractivity contribution < 1.29 is 19.2 Å². The molecule has 3 aliphatic rings. The van der Waals surface area contributed by atoms with E-state index in [0.29, 0.717) is 30.9 Å². The van der Waals surface area contributed by atoms with Crippen LogP contribution in [0.25, 0.3) is 0 Å². The highest BCUT2D eigenvalue weighted by Crippen LogP contribution is 2.34. The summed E-state index contributed by atoms with van der Waals surface area (Å²) < 4.78 is 0. The van der Waals surface area contributed by atoms with Crippen molar-refractivity contribution >= 4 is 63.2 Å². The van der Waals surface area contributed by atoms with Crippen molar-refractivity contribution in [3.8, 4) is 0 Å². The zero-order valence-electron chi connectivity index (χ0n) is 24.6. The van der Waals surface area contributed by atoms with Crippen LogP contribution in [0.15, 0.2) is 28.2 Å². The molecule has 3 aliphatic heterocycles. The van der Waals surface area contributed by atoms with Crippen LogP contribution in [0, 0.1) is 5.92 Å². The monoisotopic (exact) mass is 623 g/mol. The minimum Gasteiger partial charge on any atom is -0.369 e. The molecule has 3 amide bonds. The number of carbonyl (C=O) groups excluding carboxylic acids is 4. The molecule has 3 heterocycles. The van der Waals surface area contributed by atoms with Crippen molar-refractivity contribution in [3.05, 3.63) is 23.3 Å². The molecule has 0 saturated heterocycles. The molecule has 9 nitrogen and oxygen atoms in total. The summed E-state index contributed by atoms with van der Waals surface area (Å²) in [7, 11) is 0. The van der Waals surface area contributed by atoms with Crippen LogP contribution in [-0.4, -0.2) is 68.9 Å². The standard InChI is InChI=1S/C29H45N5O4S3/c1-5-6-7-8-9-13-24(36)39-14-11-10-12-20-15-22(35)30-16-23-32-21(17-40-23)27-34-29(4,18-41-27)28(38)33-25(19(2)3)26(37)31-20/h10,12,17,19-20,23,25,32H,5-9,11,13-16,18H2,1-4H3,(H,30,35)(H,31,37)(H,33,38)/b12-10+/t20-,23?,25+,29+/m1/s1. The van der Waals surface area contributed by atoms with Gasteiger partial charge < -0.3 is 21.3 Å². The third-order valence-corrected chi connectivity index (χ3v) is 10.3. The minimum absolute atomic E-state index is 0.0408. The van der Waals surface area contributed by atoms with E-state index in [0.717, 1.165) is 23.6 Å². The van der Waals surface area contributed by atoms with E-state index in [-0.39, 0.29) is 40.5 Å². The van der Waals surface area contributed by atoms with Crippen molar-refractivity contribution in [1.82, 2.24) is 21.3 Å². The number of amides is 3. The number of aliphatic imine (C=N–C) groups is 1. The Morgan fingerprint density at radius 1 is 1.17 bits per heavy atom. The SMILES string of the molecule is CCCCCCCC(=O)SCC/C=C/[C@@H]1CC(=O)NCC2NC(=CS2)C2=N[C@@](C)(CS2)C(=O)N[C@@H](C(C)C)C(=O)N1. The fraction of sp³-hybridized carbons (Fsp3) is 0.690. The van der Waals surface area contributed by atoms with Gasteiger partial charge >= 0.3 is 0 Å². The van der Waals surface area contributed by atoms with Crippen LogP contribution < -0.4 is 21.3 Å². The Hall–Kier alpha value is -1.92. The smallest absolute Gasteiger partial charge is 0.249 e. The van der Waals surface area contributed by atoms with Crippen LogP contribution in [0.5, 0.6) is 0 Å². The summed E-state index contributed by atoms with van der Waals surface area (Å²) in [6.45, 7) is 8.14. The Bertz CT molecular complexity index is 1050. The van der Waals surface area contributed by atoms with E-state index in [4.69, 9.17) is 4.99 Å². The number of nitrogens with one attached hydrogen (secondary N) is 4. The van der Waals surface area contributed by atoms with E-state index in [1.54, 1.807) is 18.7 Å². The van der Waals surface area contributed by atoms with Gasteiger partial charge in [-0.25, -0.2) is 0 Å². The molecular formula is C29H45N5O4S3. The average molecular weight is 624 g/mol. The van der Waals surface area contributed by atoms with E-state index in [2.05, 4.69) is 28.2 Å². The maximum Gasteiger partial charge on any atom is 0.249 e. The largest absolute Gasteiger partial charge is 0.369 e. The fourth-order valence-electron chi connectivity index (χ4n) is 4.55. The zero-order chi connectivity index (χ0) is 29.8. The Labute approximate surface area is 257 Å². The Morgan fingerprint density at radius 2 is 1.95 bits per heavy atom. The topological polar surface area (TPSA) is 129 Å². The molecular weight excluding hydrogens is 579 g/mol. The number of thioether (sulfide) groups is 3. The summed E-state index contributed by atoms with van der Waals surface area (Å²) in [6.07, 6.45) is 10.7. The van der Waals surface area contributed by atoms with Gasteiger partial charge in [0.2, 0.25) is 17.7 Å². The first-order valence-electron chi connectivity index (χ1n) is 14.7. The predicted octanol–water partition coefficient (Wildman–Crippen LogP) is 4.11.